The fraction of sp³-hybridized carbons (Fsp3) is 0.571. The number of rotatable bonds is 4. The van der Waals surface area contributed by atoms with Crippen LogP contribution in [0.2, 0.25) is 0 Å². The number of para-hydroxylation sites is 1. The number of likely N-dealkylation sites (tertiary alicyclic amines) is 1. The van der Waals surface area contributed by atoms with Crippen molar-refractivity contribution < 1.29 is 4.74 Å². The molecule has 0 N–H and O–H groups in total. The highest BCUT2D eigenvalue weighted by atomic mass is 16.5. The van der Waals surface area contributed by atoms with Crippen molar-refractivity contribution in [1.82, 2.24) is 4.90 Å². The van der Waals surface area contributed by atoms with Crippen LogP contribution in [0.15, 0.2) is 24.3 Å². The van der Waals surface area contributed by atoms with Crippen molar-refractivity contribution in [3.63, 3.8) is 0 Å². The number of nitrogens with zero attached hydrogens (tertiary/aromatic N) is 1. The molecule has 1 aromatic carbocycles. The Labute approximate surface area is 98.2 Å². The molecule has 0 spiro atoms. The molecule has 16 heavy (non-hydrogen) atoms. The molecule has 2 nitrogen and oxygen atoms in total. The van der Waals surface area contributed by atoms with Crippen LogP contribution >= 0.6 is 0 Å². The Bertz CT molecular complexity index is 331. The maximum absolute atomic E-state index is 5.39. The lowest BCUT2D eigenvalue weighted by molar-refractivity contribution is 0.256. The summed E-state index contributed by atoms with van der Waals surface area (Å²) in [6.45, 7) is 4.84. The zero-order chi connectivity index (χ0) is 11.4. The first kappa shape index (κ1) is 11.5. The van der Waals surface area contributed by atoms with Crippen LogP contribution in [-0.2, 0) is 6.42 Å². The van der Waals surface area contributed by atoms with Gasteiger partial charge in [0.25, 0.3) is 0 Å². The van der Waals surface area contributed by atoms with E-state index in [1.807, 2.05) is 12.1 Å². The monoisotopic (exact) mass is 219 g/mol. The Kier molecular flexibility index (Phi) is 3.83. The molecule has 0 saturated carbocycles. The van der Waals surface area contributed by atoms with Crippen molar-refractivity contribution in [2.24, 2.45) is 0 Å². The molecule has 0 aromatic heterocycles. The maximum Gasteiger partial charge on any atom is 0.122 e. The minimum absolute atomic E-state index is 0.624. The Morgan fingerprint density at radius 3 is 2.62 bits per heavy atom. The highest BCUT2D eigenvalue weighted by Crippen LogP contribution is 2.22. The summed E-state index contributed by atoms with van der Waals surface area (Å²) in [6, 6.07) is 8.97. The Morgan fingerprint density at radius 2 is 1.94 bits per heavy atom. The van der Waals surface area contributed by atoms with Gasteiger partial charge in [-0.3, -0.25) is 0 Å². The van der Waals surface area contributed by atoms with Crippen LogP contribution in [0.3, 0.4) is 0 Å². The summed E-state index contributed by atoms with van der Waals surface area (Å²) in [5.74, 6) is 1.02. The Morgan fingerprint density at radius 1 is 1.25 bits per heavy atom. The van der Waals surface area contributed by atoms with Gasteiger partial charge in [0, 0.05) is 6.04 Å². The van der Waals surface area contributed by atoms with Crippen molar-refractivity contribution in [3.8, 4) is 5.75 Å². The smallest absolute Gasteiger partial charge is 0.122 e. The third-order valence-corrected chi connectivity index (χ3v) is 3.47. The summed E-state index contributed by atoms with van der Waals surface area (Å²) in [5, 5.41) is 0. The molecule has 2 heteroatoms. The van der Waals surface area contributed by atoms with Crippen LogP contribution in [0, 0.1) is 0 Å². The molecule has 1 fully saturated rings. The van der Waals surface area contributed by atoms with Crippen molar-refractivity contribution >= 4 is 0 Å². The highest BCUT2D eigenvalue weighted by Gasteiger charge is 2.19. The van der Waals surface area contributed by atoms with Gasteiger partial charge in [-0.2, -0.15) is 0 Å². The Balaban J connectivity index is 2.01. The van der Waals surface area contributed by atoms with E-state index >= 15 is 0 Å². The van der Waals surface area contributed by atoms with Crippen LogP contribution < -0.4 is 4.74 Å². The van der Waals surface area contributed by atoms with E-state index in [0.717, 1.165) is 12.2 Å². The molecule has 1 aliphatic heterocycles. The van der Waals surface area contributed by atoms with Gasteiger partial charge in [0.1, 0.15) is 5.75 Å². The van der Waals surface area contributed by atoms with Gasteiger partial charge in [0.05, 0.1) is 7.11 Å². The second-order valence-corrected chi connectivity index (χ2v) is 4.61. The standard InChI is InChI=1S/C14H21NO/c1-12(15-9-5-6-10-15)11-13-7-3-4-8-14(13)16-2/h3-4,7-8,12H,5-6,9-11H2,1-2H3/t12-/m1/s1. The lowest BCUT2D eigenvalue weighted by atomic mass is 10.1. The largest absolute Gasteiger partial charge is 0.496 e. The molecule has 1 aromatic rings. The summed E-state index contributed by atoms with van der Waals surface area (Å²) in [5.41, 5.74) is 1.32. The van der Waals surface area contributed by atoms with Crippen LogP contribution in [0.5, 0.6) is 5.75 Å². The second kappa shape index (κ2) is 5.35. The van der Waals surface area contributed by atoms with Crippen molar-refractivity contribution in [2.75, 3.05) is 20.2 Å². The van der Waals surface area contributed by atoms with E-state index in [4.69, 9.17) is 4.74 Å². The van der Waals surface area contributed by atoms with E-state index in [9.17, 15) is 0 Å². The van der Waals surface area contributed by atoms with Gasteiger partial charge in [0.15, 0.2) is 0 Å². The zero-order valence-corrected chi connectivity index (χ0v) is 10.3. The van der Waals surface area contributed by atoms with Gasteiger partial charge in [0.2, 0.25) is 0 Å². The summed E-state index contributed by atoms with van der Waals surface area (Å²) in [6.07, 6.45) is 3.80. The first-order valence-corrected chi connectivity index (χ1v) is 6.17. The molecule has 2 rings (SSSR count). The van der Waals surface area contributed by atoms with E-state index in [2.05, 4.69) is 24.0 Å². The van der Waals surface area contributed by atoms with Gasteiger partial charge in [-0.25, -0.2) is 0 Å². The molecule has 0 unspecified atom stereocenters. The fourth-order valence-corrected chi connectivity index (χ4v) is 2.50. The molecule has 1 atom stereocenters. The normalized spacial score (nSPS) is 18.6. The van der Waals surface area contributed by atoms with Gasteiger partial charge >= 0.3 is 0 Å². The number of hydrogen-bond donors (Lipinski definition) is 0. The van der Waals surface area contributed by atoms with Gasteiger partial charge < -0.3 is 9.64 Å². The lowest BCUT2D eigenvalue weighted by Gasteiger charge is -2.24. The lowest BCUT2D eigenvalue weighted by Crippen LogP contribution is -2.31. The van der Waals surface area contributed by atoms with Crippen molar-refractivity contribution in [1.29, 1.82) is 0 Å². The predicted octanol–water partition coefficient (Wildman–Crippen LogP) is 2.72. The summed E-state index contributed by atoms with van der Waals surface area (Å²) in [4.78, 5) is 2.58. The molecule has 1 aliphatic rings. The maximum atomic E-state index is 5.39. The average Bonchev–Trinajstić information content (AvgIpc) is 2.83. The van der Waals surface area contributed by atoms with E-state index in [1.54, 1.807) is 7.11 Å². The van der Waals surface area contributed by atoms with E-state index in [0.29, 0.717) is 6.04 Å². The summed E-state index contributed by atoms with van der Waals surface area (Å²) < 4.78 is 5.39. The molecular formula is C14H21NO. The summed E-state index contributed by atoms with van der Waals surface area (Å²) in [7, 11) is 1.75. The predicted molar refractivity (Wildman–Crippen MR) is 67.0 cm³/mol. The molecule has 0 aliphatic carbocycles. The molecule has 0 amide bonds. The van der Waals surface area contributed by atoms with E-state index in [-0.39, 0.29) is 0 Å². The van der Waals surface area contributed by atoms with Crippen LogP contribution in [0.4, 0.5) is 0 Å². The van der Waals surface area contributed by atoms with E-state index in [1.165, 1.54) is 31.5 Å². The van der Waals surface area contributed by atoms with Gasteiger partial charge in [-0.15, -0.1) is 0 Å². The first-order valence-electron chi connectivity index (χ1n) is 6.17. The van der Waals surface area contributed by atoms with Gasteiger partial charge in [-0.05, 0) is 50.9 Å². The highest BCUT2D eigenvalue weighted by molar-refractivity contribution is 5.33. The zero-order valence-electron chi connectivity index (χ0n) is 10.3. The van der Waals surface area contributed by atoms with Crippen molar-refractivity contribution in [2.45, 2.75) is 32.2 Å². The van der Waals surface area contributed by atoms with Crippen LogP contribution in [0.25, 0.3) is 0 Å². The van der Waals surface area contributed by atoms with E-state index < -0.39 is 0 Å². The minimum Gasteiger partial charge on any atom is -0.496 e. The SMILES string of the molecule is COc1ccccc1C[C@@H](C)N1CCCC1. The molecule has 1 heterocycles. The second-order valence-electron chi connectivity index (χ2n) is 4.61. The topological polar surface area (TPSA) is 12.5 Å². The quantitative estimate of drug-likeness (QED) is 0.772. The van der Waals surface area contributed by atoms with Gasteiger partial charge in [-0.1, -0.05) is 18.2 Å². The minimum atomic E-state index is 0.624. The number of hydrogen-bond acceptors (Lipinski definition) is 2. The Hall–Kier alpha value is -1.02. The number of ether oxygens (including phenoxy) is 1. The molecule has 0 bridgehead atoms. The first-order chi connectivity index (χ1) is 7.81. The van der Waals surface area contributed by atoms with Crippen LogP contribution in [-0.4, -0.2) is 31.1 Å². The summed E-state index contributed by atoms with van der Waals surface area (Å²) >= 11 is 0. The molecule has 1 saturated heterocycles. The number of methoxy groups -OCH3 is 1. The molecule has 0 radical (unpaired) electrons. The number of benzene rings is 1. The van der Waals surface area contributed by atoms with Crippen LogP contribution in [0.1, 0.15) is 25.3 Å². The average molecular weight is 219 g/mol. The molecule has 88 valence electrons. The molecular weight excluding hydrogens is 198 g/mol. The third kappa shape index (κ3) is 2.56. The fourth-order valence-electron chi connectivity index (χ4n) is 2.50. The third-order valence-electron chi connectivity index (χ3n) is 3.47. The van der Waals surface area contributed by atoms with Crippen molar-refractivity contribution in [3.05, 3.63) is 29.8 Å².